The van der Waals surface area contributed by atoms with Gasteiger partial charge in [-0.1, -0.05) is 378 Å². The van der Waals surface area contributed by atoms with Crippen LogP contribution < -0.4 is 5.32 Å². The van der Waals surface area contributed by atoms with Crippen molar-refractivity contribution in [3.8, 4) is 0 Å². The SMILES string of the molecule is CCCCCCCCCCCC/C=C/C(O)C(COC1OC(CO)C(O)C(O)C1O)NC(=O)CCCCCCCCCCCCCCCCCCC/C=C\CCCCCCCCCCCCCCCCCCCCOC(=O)CCCCCCCCCCCCCCCC. The number of allylic oxidation sites excluding steroid dienone is 3. The van der Waals surface area contributed by atoms with E-state index >= 15 is 0 Å². The van der Waals surface area contributed by atoms with Crippen LogP contribution in [-0.2, 0) is 23.8 Å². The molecule has 550 valence electrons. The summed E-state index contributed by atoms with van der Waals surface area (Å²) < 4.78 is 16.8. The highest BCUT2D eigenvalue weighted by molar-refractivity contribution is 5.76. The van der Waals surface area contributed by atoms with Gasteiger partial charge in [-0.05, 0) is 57.8 Å². The topological polar surface area (TPSA) is 175 Å². The van der Waals surface area contributed by atoms with E-state index in [1.54, 1.807) is 6.08 Å². The Morgan fingerprint density at radius 1 is 0.387 bits per heavy atom. The van der Waals surface area contributed by atoms with E-state index in [0.29, 0.717) is 19.4 Å². The summed E-state index contributed by atoms with van der Waals surface area (Å²) in [6.07, 6.45) is 82.3. The molecule has 0 spiro atoms. The molecule has 0 saturated carbocycles. The minimum absolute atomic E-state index is 0.0199. The quantitative estimate of drug-likeness (QED) is 0.0195. The summed E-state index contributed by atoms with van der Waals surface area (Å²) in [5, 5.41) is 54.5. The van der Waals surface area contributed by atoms with Crippen LogP contribution in [0.3, 0.4) is 0 Å². The first-order valence-electron chi connectivity index (χ1n) is 41.1. The van der Waals surface area contributed by atoms with Gasteiger partial charge in [0.2, 0.25) is 5.91 Å². The molecular weight excluding hydrogens is 1160 g/mol. The maximum absolute atomic E-state index is 13.1. The first kappa shape index (κ1) is 89.2. The van der Waals surface area contributed by atoms with Gasteiger partial charge in [-0.25, -0.2) is 0 Å². The van der Waals surface area contributed by atoms with Crippen LogP contribution in [0.4, 0.5) is 0 Å². The van der Waals surface area contributed by atoms with Crippen LogP contribution in [0.2, 0.25) is 0 Å². The van der Waals surface area contributed by atoms with Crippen LogP contribution in [0.15, 0.2) is 24.3 Å². The molecule has 0 radical (unpaired) electrons. The predicted molar refractivity (Wildman–Crippen MR) is 394 cm³/mol. The van der Waals surface area contributed by atoms with E-state index in [-0.39, 0.29) is 18.5 Å². The van der Waals surface area contributed by atoms with Gasteiger partial charge in [0.25, 0.3) is 0 Å². The van der Waals surface area contributed by atoms with Gasteiger partial charge in [0, 0.05) is 12.8 Å². The Hall–Kier alpha value is -1.86. The van der Waals surface area contributed by atoms with Crippen LogP contribution in [-0.4, -0.2) is 100 Å². The van der Waals surface area contributed by atoms with Gasteiger partial charge in [-0.2, -0.15) is 0 Å². The average Bonchev–Trinajstić information content (AvgIpc) is 2.25. The molecule has 0 aromatic heterocycles. The largest absolute Gasteiger partial charge is 0.466 e. The maximum atomic E-state index is 13.1. The number of hydrogen-bond acceptors (Lipinski definition) is 10. The second-order valence-electron chi connectivity index (χ2n) is 28.8. The molecule has 1 fully saturated rings. The molecule has 0 aromatic carbocycles. The molecule has 0 aromatic rings. The van der Waals surface area contributed by atoms with Crippen LogP contribution in [0, 0.1) is 0 Å². The molecule has 1 amide bonds. The Labute approximate surface area is 575 Å². The van der Waals surface area contributed by atoms with E-state index in [9.17, 15) is 35.1 Å². The Bertz CT molecular complexity index is 1590. The third-order valence-corrected chi connectivity index (χ3v) is 19.8. The van der Waals surface area contributed by atoms with E-state index < -0.39 is 49.5 Å². The number of rotatable bonds is 74. The zero-order chi connectivity index (χ0) is 67.2. The lowest BCUT2D eigenvalue weighted by atomic mass is 9.99. The number of aliphatic hydroxyl groups is 5. The van der Waals surface area contributed by atoms with E-state index in [1.807, 2.05) is 6.08 Å². The van der Waals surface area contributed by atoms with Crippen LogP contribution in [0.25, 0.3) is 0 Å². The predicted octanol–water partition coefficient (Wildman–Crippen LogP) is 22.3. The lowest BCUT2D eigenvalue weighted by molar-refractivity contribution is -0.302. The number of carbonyl (C=O) groups is 2. The molecule has 11 heteroatoms. The molecule has 1 saturated heterocycles. The molecule has 11 nitrogen and oxygen atoms in total. The van der Waals surface area contributed by atoms with Crippen molar-refractivity contribution >= 4 is 11.9 Å². The summed E-state index contributed by atoms with van der Waals surface area (Å²) in [6, 6.07) is -0.806. The number of hydrogen-bond donors (Lipinski definition) is 6. The monoisotopic (exact) mass is 1320 g/mol. The zero-order valence-electron chi connectivity index (χ0n) is 61.5. The van der Waals surface area contributed by atoms with Crippen LogP contribution >= 0.6 is 0 Å². The molecule has 7 unspecified atom stereocenters. The molecule has 6 N–H and O–H groups in total. The highest BCUT2D eigenvalue weighted by Crippen LogP contribution is 2.24. The van der Waals surface area contributed by atoms with Crippen LogP contribution in [0.5, 0.6) is 0 Å². The van der Waals surface area contributed by atoms with Gasteiger partial charge >= 0.3 is 5.97 Å². The van der Waals surface area contributed by atoms with E-state index in [0.717, 1.165) is 51.4 Å². The first-order valence-corrected chi connectivity index (χ1v) is 41.1. The number of nitrogens with one attached hydrogen (secondary N) is 1. The van der Waals surface area contributed by atoms with Crippen molar-refractivity contribution < 1.29 is 49.3 Å². The number of aliphatic hydroxyl groups excluding tert-OH is 5. The lowest BCUT2D eigenvalue weighted by Crippen LogP contribution is -2.60. The molecule has 1 heterocycles. The Morgan fingerprint density at radius 3 is 1.03 bits per heavy atom. The number of carbonyl (C=O) groups excluding carboxylic acids is 2. The normalized spacial score (nSPS) is 17.5. The number of esters is 1. The van der Waals surface area contributed by atoms with Crippen molar-refractivity contribution in [2.24, 2.45) is 0 Å². The second kappa shape index (κ2) is 71.4. The second-order valence-corrected chi connectivity index (χ2v) is 28.8. The smallest absolute Gasteiger partial charge is 0.305 e. The van der Waals surface area contributed by atoms with Gasteiger partial charge in [-0.3, -0.25) is 9.59 Å². The van der Waals surface area contributed by atoms with Crippen molar-refractivity contribution in [3.63, 3.8) is 0 Å². The van der Waals surface area contributed by atoms with Gasteiger partial charge in [-0.15, -0.1) is 0 Å². The fourth-order valence-corrected chi connectivity index (χ4v) is 13.4. The Balaban J connectivity index is 1.87. The van der Waals surface area contributed by atoms with Crippen molar-refractivity contribution in [2.45, 2.75) is 468 Å². The van der Waals surface area contributed by atoms with Crippen molar-refractivity contribution in [1.82, 2.24) is 5.32 Å². The molecule has 0 aliphatic carbocycles. The standard InChI is InChI=1S/C82H157NO10/c1-3-5-7-9-11-13-15-17-46-50-54-58-62-66-70-78(87)91-71-67-63-59-55-51-47-44-42-40-38-36-34-32-30-28-26-24-22-20-18-19-21-23-25-27-29-31-33-35-37-39-41-43-45-49-53-57-61-65-69-77(86)83-74(73-92-82-81(90)80(89)79(88)76(72-84)93-82)75(85)68-64-60-56-52-48-16-14-12-10-8-6-4-2/h18-19,64,68,74-76,79-82,84-85,88-90H,3-17,20-63,65-67,69-73H2,1-2H3,(H,83,86)/b19-18-,68-64+. The molecular formula is C82H157NO10. The van der Waals surface area contributed by atoms with Crippen molar-refractivity contribution in [2.75, 3.05) is 19.8 Å². The third-order valence-electron chi connectivity index (χ3n) is 19.8. The molecule has 1 rings (SSSR count). The van der Waals surface area contributed by atoms with E-state index in [1.165, 1.54) is 347 Å². The summed E-state index contributed by atoms with van der Waals surface area (Å²) in [6.45, 7) is 4.40. The van der Waals surface area contributed by atoms with Gasteiger partial charge in [0.15, 0.2) is 6.29 Å². The van der Waals surface area contributed by atoms with Gasteiger partial charge in [0.05, 0.1) is 32.0 Å². The number of amides is 1. The summed E-state index contributed by atoms with van der Waals surface area (Å²) in [4.78, 5) is 25.2. The molecule has 1 aliphatic rings. The zero-order valence-corrected chi connectivity index (χ0v) is 61.5. The minimum Gasteiger partial charge on any atom is -0.466 e. The molecule has 7 atom stereocenters. The minimum atomic E-state index is -1.57. The maximum Gasteiger partial charge on any atom is 0.305 e. The molecule has 0 bridgehead atoms. The van der Waals surface area contributed by atoms with Crippen molar-refractivity contribution in [3.05, 3.63) is 24.3 Å². The number of ether oxygens (including phenoxy) is 3. The first-order chi connectivity index (χ1) is 45.7. The van der Waals surface area contributed by atoms with Gasteiger partial charge < -0.3 is 45.1 Å². The summed E-state index contributed by atoms with van der Waals surface area (Å²) >= 11 is 0. The fraction of sp³-hybridized carbons (Fsp3) is 0.927. The van der Waals surface area contributed by atoms with Crippen LogP contribution in [0.1, 0.15) is 425 Å². The molecule has 1 aliphatic heterocycles. The van der Waals surface area contributed by atoms with E-state index in [4.69, 9.17) is 14.2 Å². The summed E-state index contributed by atoms with van der Waals surface area (Å²) in [5.74, 6) is -0.155. The number of unbranched alkanes of at least 4 members (excludes halogenated alkanes) is 58. The Kier molecular flexibility index (Phi) is 68.5. The lowest BCUT2D eigenvalue weighted by Gasteiger charge is -2.40. The Morgan fingerprint density at radius 2 is 0.688 bits per heavy atom. The van der Waals surface area contributed by atoms with Crippen molar-refractivity contribution in [1.29, 1.82) is 0 Å². The summed E-state index contributed by atoms with van der Waals surface area (Å²) in [5.41, 5.74) is 0. The highest BCUT2D eigenvalue weighted by atomic mass is 16.7. The average molecular weight is 1320 g/mol. The van der Waals surface area contributed by atoms with Gasteiger partial charge in [0.1, 0.15) is 24.4 Å². The van der Waals surface area contributed by atoms with E-state index in [2.05, 4.69) is 31.3 Å². The highest BCUT2D eigenvalue weighted by Gasteiger charge is 2.44. The fourth-order valence-electron chi connectivity index (χ4n) is 13.4. The third kappa shape index (κ3) is 59.9. The molecule has 93 heavy (non-hydrogen) atoms. The summed E-state index contributed by atoms with van der Waals surface area (Å²) in [7, 11) is 0.